The first-order chi connectivity index (χ1) is 13.9. The molecule has 1 unspecified atom stereocenters. The molecule has 0 aliphatic carbocycles. The van der Waals surface area contributed by atoms with Crippen LogP contribution in [0.2, 0.25) is 0 Å². The number of ether oxygens (including phenoxy) is 1. The van der Waals surface area contributed by atoms with Crippen molar-refractivity contribution < 1.29 is 22.7 Å². The maximum Gasteiger partial charge on any atom is 0.251 e. The van der Waals surface area contributed by atoms with Crippen LogP contribution in [0.15, 0.2) is 29.2 Å². The van der Waals surface area contributed by atoms with E-state index >= 15 is 0 Å². The number of nitrogens with one attached hydrogen (secondary N) is 1. The summed E-state index contributed by atoms with van der Waals surface area (Å²) in [6.45, 7) is 4.74. The van der Waals surface area contributed by atoms with Gasteiger partial charge in [-0.25, -0.2) is 8.42 Å². The highest BCUT2D eigenvalue weighted by Gasteiger charge is 2.26. The summed E-state index contributed by atoms with van der Waals surface area (Å²) in [6.07, 6.45) is 3.84. The van der Waals surface area contributed by atoms with Crippen LogP contribution in [0.1, 0.15) is 43.0 Å². The number of amides is 2. The summed E-state index contributed by atoms with van der Waals surface area (Å²) in [4.78, 5) is 26.8. The van der Waals surface area contributed by atoms with E-state index in [0.29, 0.717) is 45.0 Å². The van der Waals surface area contributed by atoms with Gasteiger partial charge in [0.25, 0.3) is 5.91 Å². The first-order valence-electron chi connectivity index (χ1n) is 10.2. The molecule has 160 valence electrons. The molecule has 2 fully saturated rings. The lowest BCUT2D eigenvalue weighted by Gasteiger charge is -2.29. The summed E-state index contributed by atoms with van der Waals surface area (Å²) >= 11 is 0. The minimum absolute atomic E-state index is 0.151. The lowest BCUT2D eigenvalue weighted by Crippen LogP contribution is -2.50. The zero-order valence-electron chi connectivity index (χ0n) is 16.8. The van der Waals surface area contributed by atoms with Gasteiger partial charge < -0.3 is 15.0 Å². The summed E-state index contributed by atoms with van der Waals surface area (Å²) in [7, 11) is -3.55. The zero-order valence-corrected chi connectivity index (χ0v) is 17.6. The largest absolute Gasteiger partial charge is 0.378 e. The number of hydrogen-bond donors (Lipinski definition) is 1. The quantitative estimate of drug-likeness (QED) is 0.768. The van der Waals surface area contributed by atoms with Crippen LogP contribution in [-0.2, 0) is 19.6 Å². The fourth-order valence-electron chi connectivity index (χ4n) is 3.61. The van der Waals surface area contributed by atoms with Crippen molar-refractivity contribution in [3.63, 3.8) is 0 Å². The Morgan fingerprint density at radius 2 is 1.55 bits per heavy atom. The molecule has 1 aromatic rings. The predicted molar refractivity (Wildman–Crippen MR) is 108 cm³/mol. The molecule has 8 nitrogen and oxygen atoms in total. The Labute approximate surface area is 172 Å². The molecule has 2 heterocycles. The Kier molecular flexibility index (Phi) is 7.26. The van der Waals surface area contributed by atoms with E-state index < -0.39 is 22.0 Å². The van der Waals surface area contributed by atoms with Gasteiger partial charge in [0.1, 0.15) is 6.04 Å². The highest BCUT2D eigenvalue weighted by Crippen LogP contribution is 2.20. The lowest BCUT2D eigenvalue weighted by molar-refractivity contribution is -0.136. The third kappa shape index (κ3) is 5.34. The van der Waals surface area contributed by atoms with Gasteiger partial charge >= 0.3 is 0 Å². The van der Waals surface area contributed by atoms with E-state index in [1.165, 1.54) is 28.6 Å². The number of morpholine rings is 1. The second kappa shape index (κ2) is 9.69. The fraction of sp³-hybridized carbons (Fsp3) is 0.600. The normalized spacial score (nSPS) is 20.0. The molecule has 1 N–H and O–H groups in total. The van der Waals surface area contributed by atoms with Crippen LogP contribution in [-0.4, -0.2) is 74.9 Å². The molecule has 2 saturated heterocycles. The van der Waals surface area contributed by atoms with Gasteiger partial charge in [-0.15, -0.1) is 0 Å². The van der Waals surface area contributed by atoms with Gasteiger partial charge in [-0.3, -0.25) is 9.59 Å². The van der Waals surface area contributed by atoms with Crippen molar-refractivity contribution in [3.8, 4) is 0 Å². The van der Waals surface area contributed by atoms with Crippen molar-refractivity contribution in [1.29, 1.82) is 0 Å². The highest BCUT2D eigenvalue weighted by molar-refractivity contribution is 7.89. The number of benzene rings is 1. The van der Waals surface area contributed by atoms with Crippen LogP contribution in [0.4, 0.5) is 0 Å². The summed E-state index contributed by atoms with van der Waals surface area (Å²) in [5.41, 5.74) is 0.321. The number of nitrogens with zero attached hydrogens (tertiary/aromatic N) is 2. The van der Waals surface area contributed by atoms with E-state index in [4.69, 9.17) is 4.74 Å². The topological polar surface area (TPSA) is 96.0 Å². The number of hydrogen-bond acceptors (Lipinski definition) is 5. The minimum atomic E-state index is -3.55. The van der Waals surface area contributed by atoms with E-state index in [1.54, 1.807) is 11.8 Å². The van der Waals surface area contributed by atoms with Crippen molar-refractivity contribution in [2.24, 2.45) is 0 Å². The molecule has 1 aromatic carbocycles. The SMILES string of the molecule is CC(NC(=O)c1ccc(S(=O)(=O)N2CCCCCC2)cc1)C(=O)N1CCOCC1. The molecule has 29 heavy (non-hydrogen) atoms. The smallest absolute Gasteiger partial charge is 0.251 e. The maximum atomic E-state index is 12.8. The van der Waals surface area contributed by atoms with Crippen molar-refractivity contribution in [1.82, 2.24) is 14.5 Å². The fourth-order valence-corrected chi connectivity index (χ4v) is 5.13. The standard InChI is InChI=1S/C20H29N3O5S/c1-16(20(25)22-12-14-28-15-13-22)21-19(24)17-6-8-18(9-7-17)29(26,27)23-10-4-2-3-5-11-23/h6-9,16H,2-5,10-15H2,1H3,(H,21,24). The maximum absolute atomic E-state index is 12.8. The van der Waals surface area contributed by atoms with Crippen molar-refractivity contribution >= 4 is 21.8 Å². The van der Waals surface area contributed by atoms with E-state index in [2.05, 4.69) is 5.32 Å². The highest BCUT2D eigenvalue weighted by atomic mass is 32.2. The van der Waals surface area contributed by atoms with Crippen LogP contribution in [0.5, 0.6) is 0 Å². The molecule has 0 aromatic heterocycles. The van der Waals surface area contributed by atoms with Crippen LogP contribution >= 0.6 is 0 Å². The molecular formula is C20H29N3O5S. The van der Waals surface area contributed by atoms with Gasteiger partial charge in [0.15, 0.2) is 0 Å². The van der Waals surface area contributed by atoms with Crippen LogP contribution in [0, 0.1) is 0 Å². The van der Waals surface area contributed by atoms with Crippen LogP contribution in [0.3, 0.4) is 0 Å². The average molecular weight is 424 g/mol. The summed E-state index contributed by atoms with van der Waals surface area (Å²) < 4.78 is 32.4. The van der Waals surface area contributed by atoms with Crippen molar-refractivity contribution in [2.75, 3.05) is 39.4 Å². The molecule has 0 radical (unpaired) electrons. The summed E-state index contributed by atoms with van der Waals surface area (Å²) in [5.74, 6) is -0.556. The van der Waals surface area contributed by atoms with Gasteiger partial charge in [0.2, 0.25) is 15.9 Å². The van der Waals surface area contributed by atoms with Gasteiger partial charge in [-0.05, 0) is 44.0 Å². The Hall–Kier alpha value is -1.97. The minimum Gasteiger partial charge on any atom is -0.378 e. The molecule has 3 rings (SSSR count). The predicted octanol–water partition coefficient (Wildman–Crippen LogP) is 1.23. The molecule has 0 saturated carbocycles. The summed E-state index contributed by atoms with van der Waals surface area (Å²) in [5, 5.41) is 2.69. The van der Waals surface area contributed by atoms with Crippen molar-refractivity contribution in [2.45, 2.75) is 43.5 Å². The molecular weight excluding hydrogens is 394 g/mol. The molecule has 0 bridgehead atoms. The van der Waals surface area contributed by atoms with Crippen LogP contribution in [0.25, 0.3) is 0 Å². The van der Waals surface area contributed by atoms with Gasteiger partial charge in [-0.1, -0.05) is 12.8 Å². The average Bonchev–Trinajstić information content (AvgIpc) is 3.04. The van der Waals surface area contributed by atoms with Gasteiger partial charge in [-0.2, -0.15) is 4.31 Å². The zero-order chi connectivity index (χ0) is 20.9. The Morgan fingerprint density at radius 1 is 0.966 bits per heavy atom. The molecule has 9 heteroatoms. The molecule has 2 amide bonds. The monoisotopic (exact) mass is 423 g/mol. The van der Waals surface area contributed by atoms with E-state index in [9.17, 15) is 18.0 Å². The number of carbonyl (C=O) groups excluding carboxylic acids is 2. The summed E-state index contributed by atoms with van der Waals surface area (Å²) in [6, 6.07) is 5.24. The first-order valence-corrected chi connectivity index (χ1v) is 11.6. The third-order valence-electron chi connectivity index (χ3n) is 5.36. The molecule has 2 aliphatic rings. The first kappa shape index (κ1) is 21.7. The molecule has 1 atom stereocenters. The Balaban J connectivity index is 1.62. The second-order valence-corrected chi connectivity index (χ2v) is 9.41. The third-order valence-corrected chi connectivity index (χ3v) is 7.27. The number of rotatable bonds is 5. The van der Waals surface area contributed by atoms with E-state index in [-0.39, 0.29) is 10.8 Å². The second-order valence-electron chi connectivity index (χ2n) is 7.48. The van der Waals surface area contributed by atoms with Crippen molar-refractivity contribution in [3.05, 3.63) is 29.8 Å². The van der Waals surface area contributed by atoms with Gasteiger partial charge in [0, 0.05) is 31.7 Å². The van der Waals surface area contributed by atoms with Gasteiger partial charge in [0.05, 0.1) is 18.1 Å². The molecule has 0 spiro atoms. The lowest BCUT2D eigenvalue weighted by atomic mass is 10.2. The Morgan fingerprint density at radius 3 is 2.14 bits per heavy atom. The van der Waals surface area contributed by atoms with E-state index in [1.807, 2.05) is 0 Å². The van der Waals surface area contributed by atoms with Crippen LogP contribution < -0.4 is 5.32 Å². The number of carbonyl (C=O) groups is 2. The number of sulfonamides is 1. The van der Waals surface area contributed by atoms with E-state index in [0.717, 1.165) is 25.7 Å². The molecule has 2 aliphatic heterocycles. The Bertz CT molecular complexity index is 811.